The third-order valence-electron chi connectivity index (χ3n) is 2.53. The predicted molar refractivity (Wildman–Crippen MR) is 59.3 cm³/mol. The molecule has 0 unspecified atom stereocenters. The summed E-state index contributed by atoms with van der Waals surface area (Å²) < 4.78 is 5.08. The summed E-state index contributed by atoms with van der Waals surface area (Å²) in [4.78, 5) is 13.6. The monoisotopic (exact) mass is 209 g/mol. The van der Waals surface area contributed by atoms with E-state index in [1.54, 1.807) is 0 Å². The largest absolute Gasteiger partial charge is 0.465 e. The Labute approximate surface area is 91.8 Å². The molecule has 3 heteroatoms. The molecule has 3 nitrogen and oxygen atoms in total. The van der Waals surface area contributed by atoms with Gasteiger partial charge in [0.1, 0.15) is 0 Å². The zero-order chi connectivity index (χ0) is 11.1. The quantitative estimate of drug-likeness (QED) is 0.361. The van der Waals surface area contributed by atoms with E-state index in [9.17, 15) is 4.79 Å². The predicted octanol–water partition coefficient (Wildman–Crippen LogP) is 1.43. The molecule has 15 heavy (non-hydrogen) atoms. The molecule has 1 aliphatic rings. The van der Waals surface area contributed by atoms with Gasteiger partial charge in [0.05, 0.1) is 13.2 Å². The summed E-state index contributed by atoms with van der Waals surface area (Å²) in [6.45, 7) is 3.87. The molecule has 0 heterocycles. The fraction of sp³-hybridized carbons (Fsp3) is 0.750. The number of terminal acetylenes is 1. The Bertz CT molecular complexity index is 240. The normalized spacial score (nSPS) is 15.0. The minimum atomic E-state index is -0.124. The van der Waals surface area contributed by atoms with Crippen molar-refractivity contribution in [3.05, 3.63) is 0 Å². The molecular formula is C12H19NO2. The Balaban J connectivity index is 2.08. The van der Waals surface area contributed by atoms with Crippen LogP contribution in [0.5, 0.6) is 0 Å². The second-order valence-electron chi connectivity index (χ2n) is 3.82. The summed E-state index contributed by atoms with van der Waals surface area (Å²) in [5, 5.41) is 0. The van der Waals surface area contributed by atoms with Crippen LogP contribution in [0.2, 0.25) is 0 Å². The maximum absolute atomic E-state index is 11.4. The van der Waals surface area contributed by atoms with Gasteiger partial charge in [-0.25, -0.2) is 0 Å². The molecule has 0 bridgehead atoms. The lowest BCUT2D eigenvalue weighted by molar-refractivity contribution is -0.145. The van der Waals surface area contributed by atoms with Crippen LogP contribution in [0.4, 0.5) is 0 Å². The Morgan fingerprint density at radius 1 is 1.60 bits per heavy atom. The lowest BCUT2D eigenvalue weighted by atomic mass is 10.3. The first kappa shape index (κ1) is 12.1. The van der Waals surface area contributed by atoms with Gasteiger partial charge in [0.25, 0.3) is 0 Å². The zero-order valence-electron chi connectivity index (χ0n) is 9.37. The molecule has 0 radical (unpaired) electrons. The SMILES string of the molecule is C#CCCCOC(=O)CN(CC)C1CC1. The number of rotatable bonds is 7. The standard InChI is InChI=1S/C12H19NO2/c1-3-5-6-9-15-12(14)10-13(4-2)11-7-8-11/h1,11H,4-10H2,2H3. The number of unbranched alkanes of at least 4 members (excludes halogenated alkanes) is 1. The van der Waals surface area contributed by atoms with Crippen molar-refractivity contribution < 1.29 is 9.53 Å². The number of carbonyl (C=O) groups is 1. The van der Waals surface area contributed by atoms with Gasteiger partial charge >= 0.3 is 5.97 Å². The van der Waals surface area contributed by atoms with E-state index >= 15 is 0 Å². The Kier molecular flexibility index (Phi) is 5.20. The van der Waals surface area contributed by atoms with Crippen LogP contribution in [0.3, 0.4) is 0 Å². The zero-order valence-corrected chi connectivity index (χ0v) is 9.37. The molecule has 1 fully saturated rings. The highest BCUT2D eigenvalue weighted by molar-refractivity contribution is 5.71. The summed E-state index contributed by atoms with van der Waals surface area (Å²) in [6.07, 6.45) is 8.97. The van der Waals surface area contributed by atoms with E-state index in [0.29, 0.717) is 25.6 Å². The van der Waals surface area contributed by atoms with E-state index in [2.05, 4.69) is 17.7 Å². The molecule has 0 spiro atoms. The third-order valence-corrected chi connectivity index (χ3v) is 2.53. The summed E-state index contributed by atoms with van der Waals surface area (Å²) in [5.41, 5.74) is 0. The fourth-order valence-electron chi connectivity index (χ4n) is 1.51. The van der Waals surface area contributed by atoms with Gasteiger partial charge in [0.2, 0.25) is 0 Å². The second kappa shape index (κ2) is 6.47. The highest BCUT2D eigenvalue weighted by Crippen LogP contribution is 2.26. The van der Waals surface area contributed by atoms with Crippen molar-refractivity contribution in [2.24, 2.45) is 0 Å². The fourth-order valence-corrected chi connectivity index (χ4v) is 1.51. The van der Waals surface area contributed by atoms with Gasteiger partial charge in [0, 0.05) is 12.5 Å². The minimum Gasteiger partial charge on any atom is -0.465 e. The second-order valence-corrected chi connectivity index (χ2v) is 3.82. The van der Waals surface area contributed by atoms with Crippen molar-refractivity contribution in [3.63, 3.8) is 0 Å². The van der Waals surface area contributed by atoms with Crippen molar-refractivity contribution in [1.29, 1.82) is 0 Å². The van der Waals surface area contributed by atoms with Crippen LogP contribution in [-0.4, -0.2) is 36.6 Å². The van der Waals surface area contributed by atoms with Crippen LogP contribution < -0.4 is 0 Å². The van der Waals surface area contributed by atoms with E-state index in [1.807, 2.05) is 0 Å². The first-order valence-electron chi connectivity index (χ1n) is 5.61. The van der Waals surface area contributed by atoms with Crippen LogP contribution in [0.25, 0.3) is 0 Å². The molecule has 0 atom stereocenters. The molecule has 0 aliphatic heterocycles. The van der Waals surface area contributed by atoms with Gasteiger partial charge in [0.15, 0.2) is 0 Å². The smallest absolute Gasteiger partial charge is 0.320 e. The molecule has 0 aromatic carbocycles. The van der Waals surface area contributed by atoms with Crippen LogP contribution in [0.1, 0.15) is 32.6 Å². The van der Waals surface area contributed by atoms with Crippen molar-refractivity contribution in [1.82, 2.24) is 4.90 Å². The molecule has 1 aliphatic carbocycles. The summed E-state index contributed by atoms with van der Waals surface area (Å²) in [5.74, 6) is 2.40. The van der Waals surface area contributed by atoms with Crippen molar-refractivity contribution in [2.75, 3.05) is 19.7 Å². The number of likely N-dealkylation sites (N-methyl/N-ethyl adjacent to an activating group) is 1. The topological polar surface area (TPSA) is 29.5 Å². The van der Waals surface area contributed by atoms with Crippen molar-refractivity contribution >= 4 is 5.97 Å². The molecule has 0 aromatic rings. The van der Waals surface area contributed by atoms with E-state index in [0.717, 1.165) is 13.0 Å². The first-order chi connectivity index (χ1) is 7.27. The summed E-state index contributed by atoms with van der Waals surface area (Å²) in [6, 6.07) is 0.619. The number of ether oxygens (including phenoxy) is 1. The Morgan fingerprint density at radius 3 is 2.87 bits per heavy atom. The molecule has 0 N–H and O–H groups in total. The van der Waals surface area contributed by atoms with Crippen LogP contribution in [0.15, 0.2) is 0 Å². The van der Waals surface area contributed by atoms with Crippen LogP contribution in [-0.2, 0) is 9.53 Å². The number of carbonyl (C=O) groups excluding carboxylic acids is 1. The highest BCUT2D eigenvalue weighted by atomic mass is 16.5. The Morgan fingerprint density at radius 2 is 2.33 bits per heavy atom. The maximum atomic E-state index is 11.4. The van der Waals surface area contributed by atoms with E-state index < -0.39 is 0 Å². The average Bonchev–Trinajstić information content (AvgIpc) is 3.05. The number of nitrogens with zero attached hydrogens (tertiary/aromatic N) is 1. The third kappa shape index (κ3) is 4.85. The highest BCUT2D eigenvalue weighted by Gasteiger charge is 2.29. The molecule has 1 rings (SSSR count). The number of esters is 1. The molecule has 1 saturated carbocycles. The molecule has 84 valence electrons. The van der Waals surface area contributed by atoms with Gasteiger partial charge in [-0.2, -0.15) is 0 Å². The minimum absolute atomic E-state index is 0.124. The first-order valence-corrected chi connectivity index (χ1v) is 5.61. The summed E-state index contributed by atoms with van der Waals surface area (Å²) >= 11 is 0. The van der Waals surface area contributed by atoms with Crippen molar-refractivity contribution in [2.45, 2.75) is 38.6 Å². The van der Waals surface area contributed by atoms with E-state index in [1.165, 1.54) is 12.8 Å². The van der Waals surface area contributed by atoms with Gasteiger partial charge in [-0.15, -0.1) is 12.3 Å². The average molecular weight is 209 g/mol. The lowest BCUT2D eigenvalue weighted by Gasteiger charge is -2.18. The van der Waals surface area contributed by atoms with Gasteiger partial charge < -0.3 is 4.74 Å². The van der Waals surface area contributed by atoms with Gasteiger partial charge in [-0.3, -0.25) is 9.69 Å². The van der Waals surface area contributed by atoms with Crippen LogP contribution >= 0.6 is 0 Å². The Hall–Kier alpha value is -1.01. The molecule has 0 aromatic heterocycles. The molecule has 0 saturated heterocycles. The van der Waals surface area contributed by atoms with Crippen molar-refractivity contribution in [3.8, 4) is 12.3 Å². The summed E-state index contributed by atoms with van der Waals surface area (Å²) in [7, 11) is 0. The lowest BCUT2D eigenvalue weighted by Crippen LogP contribution is -2.32. The molecular weight excluding hydrogens is 190 g/mol. The number of hydrogen-bond acceptors (Lipinski definition) is 3. The number of hydrogen-bond donors (Lipinski definition) is 0. The molecule has 0 amide bonds. The van der Waals surface area contributed by atoms with Gasteiger partial charge in [-0.1, -0.05) is 6.92 Å². The van der Waals surface area contributed by atoms with Crippen LogP contribution in [0, 0.1) is 12.3 Å². The maximum Gasteiger partial charge on any atom is 0.320 e. The van der Waals surface area contributed by atoms with E-state index in [-0.39, 0.29) is 5.97 Å². The van der Waals surface area contributed by atoms with Gasteiger partial charge in [-0.05, 0) is 25.8 Å². The van der Waals surface area contributed by atoms with E-state index in [4.69, 9.17) is 11.2 Å².